The lowest BCUT2D eigenvalue weighted by Gasteiger charge is -2.10. The van der Waals surface area contributed by atoms with Crippen LogP contribution in [-0.2, 0) is 22.1 Å². The zero-order valence-electron chi connectivity index (χ0n) is 16.5. The summed E-state index contributed by atoms with van der Waals surface area (Å²) in [6, 6.07) is 7.32. The number of halogens is 4. The molecule has 0 spiro atoms. The van der Waals surface area contributed by atoms with Crippen molar-refractivity contribution < 1.29 is 27.4 Å². The molecule has 1 N–H and O–H groups in total. The van der Waals surface area contributed by atoms with Crippen LogP contribution in [0.5, 0.6) is 11.6 Å². The van der Waals surface area contributed by atoms with Crippen LogP contribution in [0.2, 0.25) is 5.02 Å². The van der Waals surface area contributed by atoms with Gasteiger partial charge in [0.1, 0.15) is 10.8 Å². The number of alkyl halides is 3. The third-order valence-corrected chi connectivity index (χ3v) is 4.85. The maximum absolute atomic E-state index is 12.7. The molecule has 0 saturated heterocycles. The molecular formula is C20H16ClF3N4O3S. The molecule has 0 amide bonds. The number of benzene rings is 1. The first-order valence-electron chi connectivity index (χ1n) is 9.14. The number of aromatic nitrogens is 2. The smallest absolute Gasteiger partial charge is 0.417 e. The Bertz CT molecular complexity index is 1100. The molecule has 0 bridgehead atoms. The van der Waals surface area contributed by atoms with Gasteiger partial charge in [0, 0.05) is 11.6 Å². The summed E-state index contributed by atoms with van der Waals surface area (Å²) in [4.78, 5) is 19.3. The van der Waals surface area contributed by atoms with E-state index < -0.39 is 11.7 Å². The Morgan fingerprint density at radius 3 is 2.72 bits per heavy atom. The highest BCUT2D eigenvalue weighted by Crippen LogP contribution is 2.34. The molecule has 0 unspecified atom stereocenters. The number of nitrogens with one attached hydrogen (secondary N) is 1. The van der Waals surface area contributed by atoms with E-state index in [0.717, 1.165) is 11.6 Å². The molecule has 2 heterocycles. The number of hydrogen-bond donors (Lipinski definition) is 1. The van der Waals surface area contributed by atoms with Crippen LogP contribution in [0.25, 0.3) is 0 Å². The van der Waals surface area contributed by atoms with Crippen LogP contribution in [0.15, 0.2) is 47.0 Å². The van der Waals surface area contributed by atoms with Crippen LogP contribution in [0.1, 0.15) is 23.7 Å². The van der Waals surface area contributed by atoms with Gasteiger partial charge in [-0.05, 0) is 42.8 Å². The van der Waals surface area contributed by atoms with Crippen molar-refractivity contribution in [3.05, 3.63) is 63.8 Å². The van der Waals surface area contributed by atoms with Gasteiger partial charge in [0.2, 0.25) is 11.0 Å². The highest BCUT2D eigenvalue weighted by molar-refractivity contribution is 7.13. The van der Waals surface area contributed by atoms with Crippen LogP contribution in [0, 0.1) is 0 Å². The average Bonchev–Trinajstić information content (AvgIpc) is 3.17. The summed E-state index contributed by atoms with van der Waals surface area (Å²) < 4.78 is 48.4. The number of hydrazone groups is 1. The molecule has 0 saturated carbocycles. The lowest BCUT2D eigenvalue weighted by molar-refractivity contribution is -0.142. The summed E-state index contributed by atoms with van der Waals surface area (Å²) in [7, 11) is 0. The molecule has 32 heavy (non-hydrogen) atoms. The molecular weight excluding hydrogens is 469 g/mol. The number of nitrogens with zero attached hydrogens (tertiary/aromatic N) is 3. The molecule has 0 radical (unpaired) electrons. The molecule has 168 valence electrons. The number of carbonyl (C=O) groups excluding carboxylic acids is 1. The second-order valence-corrected chi connectivity index (χ2v) is 7.44. The summed E-state index contributed by atoms with van der Waals surface area (Å²) in [5, 5.41) is 6.08. The largest absolute Gasteiger partial charge is 0.466 e. The quantitative estimate of drug-likeness (QED) is 0.256. The number of rotatable bonds is 8. The van der Waals surface area contributed by atoms with Gasteiger partial charge in [-0.3, -0.25) is 10.2 Å². The van der Waals surface area contributed by atoms with Crippen molar-refractivity contribution in [2.45, 2.75) is 19.5 Å². The lowest BCUT2D eigenvalue weighted by Crippen LogP contribution is -2.07. The lowest BCUT2D eigenvalue weighted by atomic mass is 10.2. The first kappa shape index (κ1) is 23.5. The Morgan fingerprint density at radius 1 is 1.31 bits per heavy atom. The highest BCUT2D eigenvalue weighted by atomic mass is 35.5. The number of hydrogen-bond acceptors (Lipinski definition) is 8. The van der Waals surface area contributed by atoms with E-state index in [1.54, 1.807) is 42.8 Å². The number of carbonyl (C=O) groups is 1. The summed E-state index contributed by atoms with van der Waals surface area (Å²) in [6.45, 7) is 2.05. The van der Waals surface area contributed by atoms with E-state index in [1.807, 2.05) is 0 Å². The minimum atomic E-state index is -4.54. The Labute approximate surface area is 189 Å². The van der Waals surface area contributed by atoms with Crippen molar-refractivity contribution in [1.29, 1.82) is 0 Å². The maximum atomic E-state index is 12.7. The molecule has 0 atom stereocenters. The first-order valence-corrected chi connectivity index (χ1v) is 10.4. The number of thiazole rings is 1. The van der Waals surface area contributed by atoms with Crippen LogP contribution < -0.4 is 10.2 Å². The molecule has 12 heteroatoms. The average molecular weight is 485 g/mol. The summed E-state index contributed by atoms with van der Waals surface area (Å²) in [5.41, 5.74) is 3.12. The molecule has 7 nitrogen and oxygen atoms in total. The van der Waals surface area contributed by atoms with Gasteiger partial charge < -0.3 is 9.47 Å². The van der Waals surface area contributed by atoms with Crippen LogP contribution in [0.3, 0.4) is 0 Å². The number of esters is 1. The van der Waals surface area contributed by atoms with Gasteiger partial charge in [0.05, 0.1) is 30.5 Å². The fraction of sp³-hybridized carbons (Fsp3) is 0.200. The van der Waals surface area contributed by atoms with E-state index in [1.165, 1.54) is 11.3 Å². The van der Waals surface area contributed by atoms with Gasteiger partial charge in [-0.25, -0.2) is 9.97 Å². The Balaban J connectivity index is 1.55. The van der Waals surface area contributed by atoms with Crippen LogP contribution in [-0.4, -0.2) is 28.8 Å². The topological polar surface area (TPSA) is 85.7 Å². The zero-order valence-corrected chi connectivity index (χ0v) is 18.1. The molecule has 3 aromatic rings. The van der Waals surface area contributed by atoms with Crippen molar-refractivity contribution in [3.63, 3.8) is 0 Å². The SMILES string of the molecule is CCOC(=O)Cc1csc(NN=Cc2ccc(Oc3ncc(C(F)(F)F)cc3Cl)cc2)n1. The maximum Gasteiger partial charge on any atom is 0.417 e. The van der Waals surface area contributed by atoms with Crippen molar-refractivity contribution in [1.82, 2.24) is 9.97 Å². The van der Waals surface area contributed by atoms with Crippen molar-refractivity contribution >= 4 is 40.3 Å². The van der Waals surface area contributed by atoms with E-state index >= 15 is 0 Å². The van der Waals surface area contributed by atoms with E-state index in [0.29, 0.717) is 29.4 Å². The molecule has 1 aromatic carbocycles. The standard InChI is InChI=1S/C20H16ClF3N4O3S/c1-2-30-17(29)8-14-11-32-19(27-14)28-26-9-12-3-5-15(6-4-12)31-18-16(21)7-13(10-25-18)20(22,23)24/h3-7,9-11H,2,8H2,1H3,(H,27,28). The zero-order chi connectivity index (χ0) is 23.1. The Morgan fingerprint density at radius 2 is 2.06 bits per heavy atom. The van der Waals surface area contributed by atoms with Crippen molar-refractivity contribution in [3.8, 4) is 11.6 Å². The minimum Gasteiger partial charge on any atom is -0.466 e. The number of ether oxygens (including phenoxy) is 2. The molecule has 0 aliphatic carbocycles. The Kier molecular flexibility index (Phi) is 7.65. The highest BCUT2D eigenvalue weighted by Gasteiger charge is 2.31. The molecule has 2 aromatic heterocycles. The van der Waals surface area contributed by atoms with Crippen molar-refractivity contribution in [2.75, 3.05) is 12.0 Å². The van der Waals surface area contributed by atoms with E-state index in [-0.39, 0.29) is 23.3 Å². The van der Waals surface area contributed by atoms with Crippen LogP contribution in [0.4, 0.5) is 18.3 Å². The molecule has 3 rings (SSSR count). The minimum absolute atomic E-state index is 0.0923. The third kappa shape index (κ3) is 6.66. The van der Waals surface area contributed by atoms with Gasteiger partial charge in [-0.1, -0.05) is 11.6 Å². The predicted octanol–water partition coefficient (Wildman–Crippen LogP) is 5.55. The first-order chi connectivity index (χ1) is 15.2. The van der Waals surface area contributed by atoms with Crippen LogP contribution >= 0.6 is 22.9 Å². The summed E-state index contributed by atoms with van der Waals surface area (Å²) >= 11 is 7.14. The predicted molar refractivity (Wildman–Crippen MR) is 114 cm³/mol. The van der Waals surface area contributed by atoms with E-state index in [9.17, 15) is 18.0 Å². The third-order valence-electron chi connectivity index (χ3n) is 3.79. The Hall–Kier alpha value is -3.18. The fourth-order valence-corrected chi connectivity index (χ4v) is 3.21. The molecule has 0 aliphatic heterocycles. The molecule has 0 fully saturated rings. The van der Waals surface area contributed by atoms with Gasteiger partial charge >= 0.3 is 12.1 Å². The normalized spacial score (nSPS) is 11.5. The van der Waals surface area contributed by atoms with Gasteiger partial charge in [0.25, 0.3) is 0 Å². The second-order valence-electron chi connectivity index (χ2n) is 6.18. The second kappa shape index (κ2) is 10.4. The molecule has 0 aliphatic rings. The van der Waals surface area contributed by atoms with Gasteiger partial charge in [-0.2, -0.15) is 18.3 Å². The summed E-state index contributed by atoms with van der Waals surface area (Å²) in [5.74, 6) is -0.138. The number of pyridine rings is 1. The van der Waals surface area contributed by atoms with Crippen molar-refractivity contribution in [2.24, 2.45) is 5.10 Å². The number of anilines is 1. The van der Waals surface area contributed by atoms with Gasteiger partial charge in [-0.15, -0.1) is 11.3 Å². The van der Waals surface area contributed by atoms with E-state index in [4.69, 9.17) is 21.1 Å². The van der Waals surface area contributed by atoms with Gasteiger partial charge in [0.15, 0.2) is 0 Å². The summed E-state index contributed by atoms with van der Waals surface area (Å²) in [6.07, 6.45) is -2.25. The van der Waals surface area contributed by atoms with E-state index in [2.05, 4.69) is 20.5 Å². The monoisotopic (exact) mass is 484 g/mol. The fourth-order valence-electron chi connectivity index (χ4n) is 2.35.